The van der Waals surface area contributed by atoms with Gasteiger partial charge in [0.15, 0.2) is 6.61 Å². The molecule has 3 aromatic rings. The molecular weight excluding hydrogens is 619 g/mol. The Morgan fingerprint density at radius 2 is 1.71 bits per heavy atom. The molecular formula is C28H30BrIN2O3. The minimum absolute atomic E-state index is 0.151. The van der Waals surface area contributed by atoms with E-state index in [-0.39, 0.29) is 18.4 Å². The molecule has 0 fully saturated rings. The second-order valence-electron chi connectivity index (χ2n) is 8.24. The average molecular weight is 649 g/mol. The van der Waals surface area contributed by atoms with Gasteiger partial charge >= 0.3 is 0 Å². The highest BCUT2D eigenvalue weighted by atomic mass is 127. The second kappa shape index (κ2) is 14.2. The van der Waals surface area contributed by atoms with Crippen LogP contribution in [0.4, 0.5) is 0 Å². The lowest BCUT2D eigenvalue weighted by atomic mass is 10.0. The summed E-state index contributed by atoms with van der Waals surface area (Å²) in [6.45, 7) is 2.81. The highest BCUT2D eigenvalue weighted by molar-refractivity contribution is 14.1. The maximum Gasteiger partial charge on any atom is 0.261 e. The third-order valence-corrected chi connectivity index (χ3v) is 6.73. The molecule has 3 aromatic carbocycles. The van der Waals surface area contributed by atoms with E-state index in [1.54, 1.807) is 4.90 Å². The first kappa shape index (κ1) is 27.2. The van der Waals surface area contributed by atoms with E-state index in [2.05, 4.69) is 50.8 Å². The maximum atomic E-state index is 13.5. The van der Waals surface area contributed by atoms with Crippen LogP contribution in [0.25, 0.3) is 0 Å². The molecule has 1 N–H and O–H groups in total. The Morgan fingerprint density at radius 1 is 1.00 bits per heavy atom. The zero-order chi connectivity index (χ0) is 25.0. The lowest BCUT2D eigenvalue weighted by Gasteiger charge is -2.31. The number of nitrogens with one attached hydrogen (secondary N) is 1. The van der Waals surface area contributed by atoms with Crippen LogP contribution in [0.5, 0.6) is 5.75 Å². The molecule has 5 nitrogen and oxygen atoms in total. The molecule has 0 spiro atoms. The molecule has 0 aliphatic carbocycles. The number of amides is 2. The third kappa shape index (κ3) is 8.96. The molecule has 7 heteroatoms. The topological polar surface area (TPSA) is 58.6 Å². The number of hydrogen-bond donors (Lipinski definition) is 1. The SMILES string of the molecule is CCCCNC(=O)[C@H](Cc1ccccc1)N(Cc1cccc(Br)c1)C(=O)COc1ccc(I)cc1. The number of benzene rings is 3. The predicted molar refractivity (Wildman–Crippen MR) is 151 cm³/mol. The standard InChI is InChI=1S/C28H30BrIN2O3/c1-2-3-16-31-28(34)26(18-21-8-5-4-6-9-21)32(19-22-10-7-11-23(29)17-22)27(33)20-35-25-14-12-24(30)13-15-25/h4-15,17,26H,2-3,16,18-20H2,1H3,(H,31,34)/t26-/m0/s1. The van der Waals surface area contributed by atoms with E-state index in [4.69, 9.17) is 4.74 Å². The maximum absolute atomic E-state index is 13.5. The minimum atomic E-state index is -0.666. The van der Waals surface area contributed by atoms with Crippen LogP contribution < -0.4 is 10.1 Å². The van der Waals surface area contributed by atoms with Gasteiger partial charge in [-0.15, -0.1) is 0 Å². The average Bonchev–Trinajstić information content (AvgIpc) is 2.86. The van der Waals surface area contributed by atoms with Crippen molar-refractivity contribution in [2.75, 3.05) is 13.2 Å². The zero-order valence-corrected chi connectivity index (χ0v) is 23.5. The van der Waals surface area contributed by atoms with Crippen LogP contribution in [0.1, 0.15) is 30.9 Å². The van der Waals surface area contributed by atoms with Crippen molar-refractivity contribution in [3.05, 3.63) is 98.0 Å². The summed E-state index contributed by atoms with van der Waals surface area (Å²) >= 11 is 5.73. The van der Waals surface area contributed by atoms with E-state index in [0.29, 0.717) is 25.3 Å². The molecule has 35 heavy (non-hydrogen) atoms. The quantitative estimate of drug-likeness (QED) is 0.194. The molecule has 3 rings (SSSR count). The van der Waals surface area contributed by atoms with Crippen molar-refractivity contribution in [2.45, 2.75) is 38.8 Å². The van der Waals surface area contributed by atoms with Crippen molar-refractivity contribution in [3.8, 4) is 5.75 Å². The summed E-state index contributed by atoms with van der Waals surface area (Å²) in [5.74, 6) is 0.225. The van der Waals surface area contributed by atoms with E-state index < -0.39 is 6.04 Å². The second-order valence-corrected chi connectivity index (χ2v) is 10.4. The van der Waals surface area contributed by atoms with Crippen molar-refractivity contribution in [3.63, 3.8) is 0 Å². The van der Waals surface area contributed by atoms with E-state index in [1.807, 2.05) is 78.9 Å². The zero-order valence-electron chi connectivity index (χ0n) is 19.8. The van der Waals surface area contributed by atoms with Gasteiger partial charge in [0.05, 0.1) is 0 Å². The first-order valence-corrected chi connectivity index (χ1v) is 13.6. The molecule has 0 saturated carbocycles. The molecule has 184 valence electrons. The molecule has 2 amide bonds. The molecule has 0 radical (unpaired) electrons. The van der Waals surface area contributed by atoms with E-state index in [1.165, 1.54) is 0 Å². The summed E-state index contributed by atoms with van der Waals surface area (Å²) < 4.78 is 7.82. The number of carbonyl (C=O) groups is 2. The van der Waals surface area contributed by atoms with Gasteiger partial charge in [-0.25, -0.2) is 0 Å². The summed E-state index contributed by atoms with van der Waals surface area (Å²) in [5, 5.41) is 3.03. The Bertz CT molecular complexity index is 1090. The van der Waals surface area contributed by atoms with E-state index in [9.17, 15) is 9.59 Å². The van der Waals surface area contributed by atoms with Crippen molar-refractivity contribution >= 4 is 50.3 Å². The number of hydrogen-bond acceptors (Lipinski definition) is 3. The molecule has 0 heterocycles. The summed E-state index contributed by atoms with van der Waals surface area (Å²) in [6.07, 6.45) is 2.29. The van der Waals surface area contributed by atoms with Gasteiger partial charge in [0.25, 0.3) is 5.91 Å². The lowest BCUT2D eigenvalue weighted by Crippen LogP contribution is -2.51. The molecule has 0 bridgehead atoms. The molecule has 0 unspecified atom stereocenters. The van der Waals surface area contributed by atoms with Crippen molar-refractivity contribution < 1.29 is 14.3 Å². The van der Waals surface area contributed by atoms with Crippen molar-refractivity contribution in [2.24, 2.45) is 0 Å². The highest BCUT2D eigenvalue weighted by Gasteiger charge is 2.30. The molecule has 0 aliphatic rings. The van der Waals surface area contributed by atoms with Crippen LogP contribution in [-0.2, 0) is 22.6 Å². The number of nitrogens with zero attached hydrogens (tertiary/aromatic N) is 1. The predicted octanol–water partition coefficient (Wildman–Crippen LogP) is 5.99. The summed E-state index contributed by atoms with van der Waals surface area (Å²) in [5.41, 5.74) is 1.93. The fourth-order valence-electron chi connectivity index (χ4n) is 3.65. The number of ether oxygens (including phenoxy) is 1. The van der Waals surface area contributed by atoms with Crippen LogP contribution in [0.15, 0.2) is 83.3 Å². The van der Waals surface area contributed by atoms with Gasteiger partial charge in [0, 0.05) is 27.6 Å². The first-order valence-electron chi connectivity index (χ1n) is 11.7. The Morgan fingerprint density at radius 3 is 2.40 bits per heavy atom. The lowest BCUT2D eigenvalue weighted by molar-refractivity contribution is -0.142. The highest BCUT2D eigenvalue weighted by Crippen LogP contribution is 2.19. The van der Waals surface area contributed by atoms with E-state index in [0.717, 1.165) is 32.0 Å². The number of carbonyl (C=O) groups excluding carboxylic acids is 2. The Balaban J connectivity index is 1.87. The van der Waals surface area contributed by atoms with Crippen LogP contribution in [0, 0.1) is 3.57 Å². The summed E-state index contributed by atoms with van der Waals surface area (Å²) in [4.78, 5) is 28.6. The van der Waals surface area contributed by atoms with Crippen molar-refractivity contribution in [1.29, 1.82) is 0 Å². The van der Waals surface area contributed by atoms with Crippen LogP contribution in [0.2, 0.25) is 0 Å². The Hall–Kier alpha value is -2.39. The van der Waals surface area contributed by atoms with Gasteiger partial charge in [-0.05, 0) is 76.5 Å². The molecule has 1 atom stereocenters. The fourth-order valence-corrected chi connectivity index (χ4v) is 4.46. The van der Waals surface area contributed by atoms with Gasteiger partial charge < -0.3 is 15.0 Å². The largest absolute Gasteiger partial charge is 0.484 e. The normalized spacial score (nSPS) is 11.5. The van der Waals surface area contributed by atoms with E-state index >= 15 is 0 Å². The summed E-state index contributed by atoms with van der Waals surface area (Å²) in [6, 6.07) is 24.5. The van der Waals surface area contributed by atoms with Crippen LogP contribution in [0.3, 0.4) is 0 Å². The van der Waals surface area contributed by atoms with Crippen molar-refractivity contribution in [1.82, 2.24) is 10.2 Å². The van der Waals surface area contributed by atoms with Crippen LogP contribution >= 0.6 is 38.5 Å². The number of rotatable bonds is 12. The summed E-state index contributed by atoms with van der Waals surface area (Å²) in [7, 11) is 0. The van der Waals surface area contributed by atoms with Crippen LogP contribution in [-0.4, -0.2) is 35.9 Å². The Kier molecular flexibility index (Phi) is 11.1. The third-order valence-electron chi connectivity index (χ3n) is 5.52. The van der Waals surface area contributed by atoms with Gasteiger partial charge in [-0.2, -0.15) is 0 Å². The molecule has 0 saturated heterocycles. The molecule has 0 aliphatic heterocycles. The first-order chi connectivity index (χ1) is 17.0. The smallest absolute Gasteiger partial charge is 0.261 e. The number of unbranched alkanes of at least 4 members (excludes halogenated alkanes) is 1. The fraction of sp³-hybridized carbons (Fsp3) is 0.286. The molecule has 0 aromatic heterocycles. The minimum Gasteiger partial charge on any atom is -0.484 e. The van der Waals surface area contributed by atoms with Gasteiger partial charge in [-0.1, -0.05) is 71.7 Å². The van der Waals surface area contributed by atoms with Gasteiger partial charge in [0.1, 0.15) is 11.8 Å². The Labute approximate surface area is 229 Å². The monoisotopic (exact) mass is 648 g/mol. The number of halogens is 2. The van der Waals surface area contributed by atoms with Gasteiger partial charge in [0.2, 0.25) is 5.91 Å². The van der Waals surface area contributed by atoms with Gasteiger partial charge in [-0.3, -0.25) is 9.59 Å².